The van der Waals surface area contributed by atoms with E-state index in [1.54, 1.807) is 12.1 Å². The van der Waals surface area contributed by atoms with Gasteiger partial charge in [-0.3, -0.25) is 9.59 Å². The van der Waals surface area contributed by atoms with Crippen LogP contribution < -0.4 is 134 Å². The molecule has 0 fully saturated rings. The van der Waals surface area contributed by atoms with Crippen molar-refractivity contribution in [3.05, 3.63) is 119 Å². The molecule has 2 aliphatic heterocycles. The summed E-state index contributed by atoms with van der Waals surface area (Å²) in [6, 6.07) is 15.0. The van der Waals surface area contributed by atoms with E-state index in [9.17, 15) is 57.1 Å². The Morgan fingerprint density at radius 3 is 2.04 bits per heavy atom. The average Bonchev–Trinajstić information content (AvgIpc) is 3.77. The van der Waals surface area contributed by atoms with Crippen LogP contribution in [-0.4, -0.2) is 86.8 Å². The van der Waals surface area contributed by atoms with Gasteiger partial charge in [0.05, 0.1) is 43.1 Å². The minimum Gasteiger partial charge on any atom is -0.748 e. The summed E-state index contributed by atoms with van der Waals surface area (Å²) in [4.78, 5) is 1.62. The van der Waals surface area contributed by atoms with E-state index in [1.165, 1.54) is 36.4 Å². The fraction of sp³-hybridized carbons (Fsp3) is 0.372. The predicted molar refractivity (Wildman–Crippen MR) is 241 cm³/mol. The molecule has 0 amide bonds. The first-order valence-corrected chi connectivity index (χ1v) is 27.3. The Labute approximate surface area is 503 Å². The molecular formula is C43H48N3Na4O15S5+. The Morgan fingerprint density at radius 1 is 0.757 bits per heavy atom. The quantitative estimate of drug-likeness (QED) is 0.0202. The summed E-state index contributed by atoms with van der Waals surface area (Å²) in [5.41, 5.74) is 5.21. The number of nitrogens with zero attached hydrogens (tertiary/aromatic N) is 2. The summed E-state index contributed by atoms with van der Waals surface area (Å²) >= 11 is 0.737. The van der Waals surface area contributed by atoms with Gasteiger partial charge in [0.25, 0.3) is 10.1 Å². The van der Waals surface area contributed by atoms with Gasteiger partial charge in [-0.1, -0.05) is 32.1 Å². The summed E-state index contributed by atoms with van der Waals surface area (Å²) in [5.74, 6) is -0.984. The molecule has 0 saturated carbocycles. The van der Waals surface area contributed by atoms with Gasteiger partial charge in [-0.15, -0.1) is 0 Å². The zero-order valence-corrected chi connectivity index (χ0v) is 52.3. The van der Waals surface area contributed by atoms with E-state index in [4.69, 9.17) is 0 Å². The van der Waals surface area contributed by atoms with Crippen LogP contribution in [0.15, 0.2) is 122 Å². The molecule has 70 heavy (non-hydrogen) atoms. The molecule has 358 valence electrons. The van der Waals surface area contributed by atoms with Crippen LogP contribution in [0.4, 0.5) is 17.1 Å². The summed E-state index contributed by atoms with van der Waals surface area (Å²) in [5, 5.41) is 17.5. The Morgan fingerprint density at radius 2 is 1.41 bits per heavy atom. The minimum atomic E-state index is -4.82. The average molecular weight is 1100 g/mol. The van der Waals surface area contributed by atoms with Crippen LogP contribution >= 0.6 is 12.0 Å². The van der Waals surface area contributed by atoms with Crippen LogP contribution in [-0.2, 0) is 60.7 Å². The second-order valence-electron chi connectivity index (χ2n) is 17.0. The largest absolute Gasteiger partial charge is 1.00 e. The molecule has 3 aliphatic rings. The van der Waals surface area contributed by atoms with E-state index in [0.29, 0.717) is 59.0 Å². The van der Waals surface area contributed by atoms with Gasteiger partial charge in [-0.05, 0) is 117 Å². The van der Waals surface area contributed by atoms with Crippen LogP contribution in [0.2, 0.25) is 0 Å². The van der Waals surface area contributed by atoms with Gasteiger partial charge in [0, 0.05) is 69.5 Å². The fourth-order valence-corrected chi connectivity index (χ4v) is 11.1. The van der Waals surface area contributed by atoms with Crippen molar-refractivity contribution in [1.82, 2.24) is 0 Å². The monoisotopic (exact) mass is 1100 g/mol. The van der Waals surface area contributed by atoms with Gasteiger partial charge in [0.1, 0.15) is 26.8 Å². The van der Waals surface area contributed by atoms with Crippen molar-refractivity contribution < 1.29 is 189 Å². The first-order chi connectivity index (χ1) is 30.7. The van der Waals surface area contributed by atoms with Gasteiger partial charge in [0.15, 0.2) is 5.71 Å². The predicted octanol–water partition coefficient (Wildman–Crippen LogP) is -6.56. The molecule has 27 heteroatoms. The number of rotatable bonds is 20. The second-order valence-corrected chi connectivity index (χ2v) is 23.6. The van der Waals surface area contributed by atoms with E-state index < -0.39 is 72.6 Å². The van der Waals surface area contributed by atoms with Crippen LogP contribution in [0, 0.1) is 0 Å². The van der Waals surface area contributed by atoms with Crippen molar-refractivity contribution in [2.45, 2.75) is 91.7 Å². The fourth-order valence-electron chi connectivity index (χ4n) is 8.61. The molecule has 0 spiro atoms. The number of nitrogens with one attached hydrogen (secondary N) is 1. The second kappa shape index (κ2) is 26.7. The van der Waals surface area contributed by atoms with Gasteiger partial charge in [-0.25, -0.2) is 25.3 Å². The number of anilines is 2. The SMILES string of the molecule is CC1(C)C(C=CC2=C(Nc3cccc(S(=O)(=O)[O-])c3)C(=C/C=C3/N(CCCCS(=O)(=O)[O-])c4ccc(S(=O)(=O)[O-])cc4C3(C)C)CC2)=[N+](CCCCS(=O)(=O)O)c2ccc(SOO[O-])cc21.[Na+].[Na+].[Na+].[Na+]. The molecular weight excluding hydrogens is 1050 g/mol. The Hall–Kier alpha value is -0.240. The normalized spacial score (nSPS) is 17.5. The van der Waals surface area contributed by atoms with Crippen molar-refractivity contribution in [2.24, 2.45) is 0 Å². The molecule has 0 atom stereocenters. The Kier molecular flexibility index (Phi) is 25.1. The third-order valence-electron chi connectivity index (χ3n) is 11.8. The summed E-state index contributed by atoms with van der Waals surface area (Å²) in [6.45, 7) is 8.33. The van der Waals surface area contributed by atoms with Gasteiger partial charge in [-0.2, -0.15) is 17.3 Å². The number of hydrogen-bond donors (Lipinski definition) is 2. The maximum Gasteiger partial charge on any atom is 1.00 e. The third kappa shape index (κ3) is 16.6. The topological polar surface area (TPSA) is 286 Å². The molecule has 2 heterocycles. The summed E-state index contributed by atoms with van der Waals surface area (Å²) in [6.07, 6.45) is 9.44. The molecule has 3 aromatic rings. The van der Waals surface area contributed by atoms with Gasteiger partial charge >= 0.3 is 118 Å². The maximum atomic E-state index is 12.1. The standard InChI is InChI=1S/C43H51N3O15S5.4Na/c1-42(2)35-27-32(62-61-60-47)16-18-37(35)45(22-5-7-24-63(48,49)50)39(42)20-14-29-12-13-30(41(29)44-31-10-9-11-33(26-31)65(54,55)56)15-21-40-43(3,4)36-28-34(66(57,58)59)17-19-38(36)46(40)23-6-8-25-64(51,52)53;;;;/h9-11,14-21,26-28H,5-8,12-13,22-25H2,1-4H3,(H5,47,48,49,50,51,52,53,54,55,56,57,58,59);;;;/q;4*+1/p-3/b30-15?,40-21+;;;;. The molecule has 0 saturated heterocycles. The molecule has 0 unspecified atom stereocenters. The first-order valence-electron chi connectivity index (χ1n) is 20.6. The van der Waals surface area contributed by atoms with Crippen molar-refractivity contribution in [2.75, 3.05) is 34.8 Å². The first kappa shape index (κ1) is 65.9. The van der Waals surface area contributed by atoms with Gasteiger partial charge < -0.3 is 29.1 Å². The molecule has 0 radical (unpaired) electrons. The van der Waals surface area contributed by atoms with Crippen LogP contribution in [0.5, 0.6) is 0 Å². The molecule has 0 aromatic heterocycles. The zero-order valence-electron chi connectivity index (χ0n) is 40.3. The molecule has 18 nitrogen and oxygen atoms in total. The number of hydrogen-bond acceptors (Lipinski definition) is 17. The van der Waals surface area contributed by atoms with Crippen molar-refractivity contribution in [1.29, 1.82) is 0 Å². The number of allylic oxidation sites excluding steroid dienone is 7. The Balaban J connectivity index is 0.00000420. The molecule has 1 aliphatic carbocycles. The smallest absolute Gasteiger partial charge is 0.748 e. The van der Waals surface area contributed by atoms with Crippen molar-refractivity contribution in [3.63, 3.8) is 0 Å². The third-order valence-corrected chi connectivity index (χ3v) is 15.6. The minimum absolute atomic E-state index is 0. The van der Waals surface area contributed by atoms with Crippen molar-refractivity contribution in [3.8, 4) is 0 Å². The number of fused-ring (bicyclic) bond motifs is 2. The van der Waals surface area contributed by atoms with Gasteiger partial charge in [0.2, 0.25) is 5.69 Å². The van der Waals surface area contributed by atoms with E-state index in [0.717, 1.165) is 40.2 Å². The Bertz CT molecular complexity index is 3030. The van der Waals surface area contributed by atoms with Crippen LogP contribution in [0.3, 0.4) is 0 Å². The number of unbranched alkanes of at least 4 members (excludes halogenated alkanes) is 2. The summed E-state index contributed by atoms with van der Waals surface area (Å²) < 4.78 is 146. The molecule has 6 rings (SSSR count). The van der Waals surface area contributed by atoms with Crippen LogP contribution in [0.25, 0.3) is 0 Å². The van der Waals surface area contributed by atoms with Crippen molar-refractivity contribution >= 4 is 75.3 Å². The molecule has 3 aromatic carbocycles. The van der Waals surface area contributed by atoms with E-state index >= 15 is 0 Å². The molecule has 2 N–H and O–H groups in total. The summed E-state index contributed by atoms with van der Waals surface area (Å²) in [7, 11) is -18.3. The number of benzene rings is 3. The van der Waals surface area contributed by atoms with E-state index in [-0.39, 0.29) is 144 Å². The van der Waals surface area contributed by atoms with E-state index in [2.05, 4.69) is 14.7 Å². The maximum absolute atomic E-state index is 12.1. The van der Waals surface area contributed by atoms with E-state index in [1.807, 2.05) is 73.6 Å². The molecule has 0 bridgehead atoms. The van der Waals surface area contributed by atoms with Crippen LogP contribution in [0.1, 0.15) is 77.3 Å². The zero-order chi connectivity index (χ0) is 48.5.